The molecule has 5 aromatic rings. The normalized spacial score (nSPS) is 17.8. The van der Waals surface area contributed by atoms with Gasteiger partial charge in [0.05, 0.1) is 35.2 Å². The minimum Gasteiger partial charge on any atom is -0.383 e. The lowest BCUT2D eigenvalue weighted by atomic mass is 9.78. The Morgan fingerprint density at radius 2 is 1.85 bits per heavy atom. The van der Waals surface area contributed by atoms with Crippen molar-refractivity contribution in [3.05, 3.63) is 84.9 Å². The van der Waals surface area contributed by atoms with Gasteiger partial charge in [0.2, 0.25) is 0 Å². The molecule has 0 amide bonds. The molecular formula is C28H27N5O. The number of benzene rings is 2. The summed E-state index contributed by atoms with van der Waals surface area (Å²) in [4.78, 5) is 14.5. The molecule has 1 saturated carbocycles. The number of rotatable bonds is 7. The van der Waals surface area contributed by atoms with Crippen molar-refractivity contribution in [2.24, 2.45) is 0 Å². The number of nitrogens with zero attached hydrogens (tertiary/aromatic N) is 4. The molecule has 170 valence electrons. The minimum atomic E-state index is 0.441. The molecule has 0 bridgehead atoms. The summed E-state index contributed by atoms with van der Waals surface area (Å²) in [5, 5.41) is 4.68. The number of fused-ring (bicyclic) bond motifs is 2. The monoisotopic (exact) mass is 449 g/mol. The van der Waals surface area contributed by atoms with E-state index >= 15 is 0 Å². The second kappa shape index (κ2) is 8.97. The van der Waals surface area contributed by atoms with Gasteiger partial charge in [-0.2, -0.15) is 0 Å². The summed E-state index contributed by atoms with van der Waals surface area (Å²) in [5.41, 5.74) is 6.35. The maximum atomic E-state index is 5.15. The van der Waals surface area contributed by atoms with Crippen LogP contribution in [0.5, 0.6) is 0 Å². The minimum absolute atomic E-state index is 0.441. The number of hydrogen-bond acceptors (Lipinski definition) is 5. The van der Waals surface area contributed by atoms with Gasteiger partial charge in [0.15, 0.2) is 0 Å². The SMILES string of the molecule is COCCNC1CC(c2nc(-c3ccc4ccc(-c5ccccc5)nc4c3)n3ccncc23)C1. The van der Waals surface area contributed by atoms with Crippen LogP contribution >= 0.6 is 0 Å². The Morgan fingerprint density at radius 3 is 2.71 bits per heavy atom. The molecule has 1 aliphatic carbocycles. The van der Waals surface area contributed by atoms with E-state index in [0.29, 0.717) is 12.0 Å². The number of nitrogens with one attached hydrogen (secondary N) is 1. The van der Waals surface area contributed by atoms with Crippen LogP contribution in [0.4, 0.5) is 0 Å². The average Bonchev–Trinajstić information content (AvgIpc) is 3.24. The van der Waals surface area contributed by atoms with Crippen molar-refractivity contribution in [3.8, 4) is 22.6 Å². The van der Waals surface area contributed by atoms with Gasteiger partial charge in [-0.1, -0.05) is 48.5 Å². The van der Waals surface area contributed by atoms with Crippen LogP contribution < -0.4 is 5.32 Å². The lowest BCUT2D eigenvalue weighted by Gasteiger charge is -2.35. The number of imidazole rings is 1. The molecule has 0 saturated heterocycles. The van der Waals surface area contributed by atoms with E-state index in [1.165, 1.54) is 0 Å². The van der Waals surface area contributed by atoms with Crippen molar-refractivity contribution >= 4 is 16.4 Å². The zero-order valence-electron chi connectivity index (χ0n) is 19.2. The molecule has 2 aromatic carbocycles. The van der Waals surface area contributed by atoms with Gasteiger partial charge < -0.3 is 10.1 Å². The van der Waals surface area contributed by atoms with Gasteiger partial charge in [-0.05, 0) is 25.0 Å². The summed E-state index contributed by atoms with van der Waals surface area (Å²) >= 11 is 0. The number of pyridine rings is 1. The molecule has 0 aliphatic heterocycles. The largest absolute Gasteiger partial charge is 0.383 e. The van der Waals surface area contributed by atoms with E-state index in [4.69, 9.17) is 14.7 Å². The Bertz CT molecular complexity index is 1440. The maximum absolute atomic E-state index is 5.15. The van der Waals surface area contributed by atoms with E-state index in [1.807, 2.05) is 36.8 Å². The summed E-state index contributed by atoms with van der Waals surface area (Å²) in [6.45, 7) is 1.63. The Hall–Kier alpha value is -3.61. The van der Waals surface area contributed by atoms with Crippen LogP contribution in [0.2, 0.25) is 0 Å². The molecule has 3 heterocycles. The van der Waals surface area contributed by atoms with E-state index in [-0.39, 0.29) is 0 Å². The van der Waals surface area contributed by atoms with Crippen molar-refractivity contribution in [2.45, 2.75) is 24.8 Å². The van der Waals surface area contributed by atoms with E-state index in [2.05, 4.69) is 57.2 Å². The molecule has 1 N–H and O–H groups in total. The van der Waals surface area contributed by atoms with Gasteiger partial charge in [-0.15, -0.1) is 0 Å². The number of aromatic nitrogens is 4. The van der Waals surface area contributed by atoms with Crippen LogP contribution in [0.25, 0.3) is 39.1 Å². The van der Waals surface area contributed by atoms with E-state index in [0.717, 1.165) is 70.8 Å². The molecule has 1 fully saturated rings. The fourth-order valence-corrected chi connectivity index (χ4v) is 4.86. The second-order valence-electron chi connectivity index (χ2n) is 8.93. The van der Waals surface area contributed by atoms with E-state index in [9.17, 15) is 0 Å². The average molecular weight is 450 g/mol. The molecule has 3 aromatic heterocycles. The highest BCUT2D eigenvalue weighted by Crippen LogP contribution is 2.39. The van der Waals surface area contributed by atoms with E-state index in [1.54, 1.807) is 7.11 Å². The third-order valence-electron chi connectivity index (χ3n) is 6.76. The van der Waals surface area contributed by atoms with E-state index < -0.39 is 0 Å². The zero-order valence-corrected chi connectivity index (χ0v) is 19.2. The van der Waals surface area contributed by atoms with Gasteiger partial charge in [0, 0.05) is 54.5 Å². The van der Waals surface area contributed by atoms with Crippen molar-refractivity contribution in [2.75, 3.05) is 20.3 Å². The molecule has 34 heavy (non-hydrogen) atoms. The molecule has 6 heteroatoms. The summed E-state index contributed by atoms with van der Waals surface area (Å²) in [7, 11) is 1.74. The Morgan fingerprint density at radius 1 is 1.00 bits per heavy atom. The predicted molar refractivity (Wildman–Crippen MR) is 135 cm³/mol. The maximum Gasteiger partial charge on any atom is 0.145 e. The van der Waals surface area contributed by atoms with Crippen LogP contribution in [0.1, 0.15) is 24.5 Å². The van der Waals surface area contributed by atoms with Crippen molar-refractivity contribution < 1.29 is 4.74 Å². The first-order chi connectivity index (χ1) is 16.8. The van der Waals surface area contributed by atoms with Gasteiger partial charge in [0.1, 0.15) is 5.82 Å². The van der Waals surface area contributed by atoms with Gasteiger partial charge in [0.25, 0.3) is 0 Å². The fourth-order valence-electron chi connectivity index (χ4n) is 4.86. The third-order valence-corrected chi connectivity index (χ3v) is 6.76. The first-order valence-electron chi connectivity index (χ1n) is 11.8. The quantitative estimate of drug-likeness (QED) is 0.351. The Labute approximate surface area is 198 Å². The molecule has 0 spiro atoms. The number of hydrogen-bond donors (Lipinski definition) is 1. The predicted octanol–water partition coefficient (Wildman–Crippen LogP) is 5.09. The van der Waals surface area contributed by atoms with Gasteiger partial charge in [-0.25, -0.2) is 9.97 Å². The summed E-state index contributed by atoms with van der Waals surface area (Å²) < 4.78 is 7.32. The van der Waals surface area contributed by atoms with Gasteiger partial charge in [-0.3, -0.25) is 9.38 Å². The summed E-state index contributed by atoms with van der Waals surface area (Å²) in [6.07, 6.45) is 7.94. The van der Waals surface area contributed by atoms with Crippen LogP contribution in [-0.4, -0.2) is 45.7 Å². The lowest BCUT2D eigenvalue weighted by molar-refractivity contribution is 0.184. The van der Waals surface area contributed by atoms with Crippen LogP contribution in [0, 0.1) is 0 Å². The van der Waals surface area contributed by atoms with Crippen molar-refractivity contribution in [1.82, 2.24) is 24.7 Å². The second-order valence-corrected chi connectivity index (χ2v) is 8.93. The number of methoxy groups -OCH3 is 1. The van der Waals surface area contributed by atoms with Crippen molar-refractivity contribution in [3.63, 3.8) is 0 Å². The topological polar surface area (TPSA) is 64.3 Å². The van der Waals surface area contributed by atoms with Gasteiger partial charge >= 0.3 is 0 Å². The van der Waals surface area contributed by atoms with Crippen LogP contribution in [-0.2, 0) is 4.74 Å². The lowest BCUT2D eigenvalue weighted by Crippen LogP contribution is -2.41. The third kappa shape index (κ3) is 3.85. The molecule has 0 radical (unpaired) electrons. The highest BCUT2D eigenvalue weighted by atomic mass is 16.5. The molecular weight excluding hydrogens is 422 g/mol. The van der Waals surface area contributed by atoms with Crippen molar-refractivity contribution in [1.29, 1.82) is 0 Å². The Balaban J connectivity index is 1.34. The molecule has 6 rings (SSSR count). The standard InChI is InChI=1S/C28H27N5O/c1-34-14-12-30-23-15-22(16-23)27-26-18-29-11-13-33(26)28(32-27)21-8-7-20-9-10-24(31-25(20)17-21)19-5-3-2-4-6-19/h2-11,13,17-18,22-23,30H,12,14-16H2,1H3. The molecule has 0 atom stereocenters. The first kappa shape index (κ1) is 21.0. The first-order valence-corrected chi connectivity index (χ1v) is 11.8. The fraction of sp³-hybridized carbons (Fsp3) is 0.250. The highest BCUT2D eigenvalue weighted by Gasteiger charge is 2.33. The zero-order chi connectivity index (χ0) is 22.9. The number of ether oxygens (including phenoxy) is 1. The van der Waals surface area contributed by atoms with Crippen LogP contribution in [0.3, 0.4) is 0 Å². The molecule has 6 nitrogen and oxygen atoms in total. The Kier molecular flexibility index (Phi) is 5.53. The molecule has 0 unspecified atom stereocenters. The smallest absolute Gasteiger partial charge is 0.145 e. The highest BCUT2D eigenvalue weighted by molar-refractivity contribution is 5.85. The summed E-state index contributed by atoms with van der Waals surface area (Å²) in [6, 6.07) is 21.5. The van der Waals surface area contributed by atoms with Crippen LogP contribution in [0.15, 0.2) is 79.3 Å². The summed E-state index contributed by atoms with van der Waals surface area (Å²) in [5.74, 6) is 1.38. The molecule has 1 aliphatic rings.